The topological polar surface area (TPSA) is 182 Å². The molecule has 4 N–H and O–H groups in total. The molecule has 1 aliphatic rings. The van der Waals surface area contributed by atoms with Crippen LogP contribution in [0.5, 0.6) is 5.88 Å². The summed E-state index contributed by atoms with van der Waals surface area (Å²) >= 11 is 13.4. The van der Waals surface area contributed by atoms with E-state index in [9.17, 15) is 14.7 Å². The first-order chi connectivity index (χ1) is 20.1. The Kier molecular flexibility index (Phi) is 12.6. The fraction of sp³-hybridized carbons (Fsp3) is 0.720. The molecule has 0 saturated carbocycles. The Morgan fingerprint density at radius 1 is 1.30 bits per heavy atom. The van der Waals surface area contributed by atoms with Gasteiger partial charge in [0.25, 0.3) is 6.64 Å². The van der Waals surface area contributed by atoms with Gasteiger partial charge in [0.15, 0.2) is 22.5 Å². The van der Waals surface area contributed by atoms with E-state index in [0.717, 1.165) is 11.8 Å². The first kappa shape index (κ1) is 35.9. The van der Waals surface area contributed by atoms with Crippen molar-refractivity contribution in [3.63, 3.8) is 0 Å². The highest BCUT2D eigenvalue weighted by Crippen LogP contribution is 2.46. The van der Waals surface area contributed by atoms with Gasteiger partial charge in [-0.25, -0.2) is 10.1 Å². The van der Waals surface area contributed by atoms with Gasteiger partial charge in [0, 0.05) is 11.2 Å². The summed E-state index contributed by atoms with van der Waals surface area (Å²) in [6.07, 6.45) is -1.89. The van der Waals surface area contributed by atoms with Crippen molar-refractivity contribution >= 4 is 70.0 Å². The lowest BCUT2D eigenvalue weighted by molar-refractivity contribution is -0.149. The minimum atomic E-state index is -3.36. The number of aromatic nitrogens is 4. The van der Waals surface area contributed by atoms with E-state index in [4.69, 9.17) is 52.4 Å². The van der Waals surface area contributed by atoms with E-state index >= 15 is 0 Å². The highest BCUT2D eigenvalue weighted by molar-refractivity contribution is 8.13. The molecule has 2 aromatic rings. The molecule has 1 saturated heterocycles. The Morgan fingerprint density at radius 3 is 2.63 bits per heavy atom. The second kappa shape index (κ2) is 15.1. The third-order valence-electron chi connectivity index (χ3n) is 5.91. The summed E-state index contributed by atoms with van der Waals surface area (Å²) in [5.74, 6) is -0.0315. The Bertz CT molecular complexity index is 1330. The lowest BCUT2D eigenvalue weighted by atomic mass is 10.00. The Balaban J connectivity index is 1.74. The van der Waals surface area contributed by atoms with E-state index < -0.39 is 47.9 Å². The van der Waals surface area contributed by atoms with Gasteiger partial charge in [-0.15, -0.1) is 11.6 Å². The molecule has 0 radical (unpaired) electrons. The fourth-order valence-corrected chi connectivity index (χ4v) is 7.42. The standard InChI is InChI=1S/C25H40ClN6O8PS2/c1-8-36-20-17-19(29-24(27)30-20)32(12-28-17)21-16(26)18(33)15(40-21)11-38-41(42,31-14(4)22(34)39-13(2)3)37-9-10-43-23(35)25(5,6)7/h12-16,18,21,33H,8-11H2,1-7H3,(H,31,42)(H2,27,29,30)/t14-,15+,16-,18+,21+,41-/m0/s1. The van der Waals surface area contributed by atoms with Crippen LogP contribution < -0.4 is 15.6 Å². The Labute approximate surface area is 265 Å². The maximum atomic E-state index is 12.5. The number of anilines is 1. The Hall–Kier alpha value is -1.62. The molecule has 18 heteroatoms. The van der Waals surface area contributed by atoms with E-state index in [-0.39, 0.29) is 36.3 Å². The van der Waals surface area contributed by atoms with E-state index in [1.165, 1.54) is 10.9 Å². The van der Waals surface area contributed by atoms with Crippen LogP contribution in [0.25, 0.3) is 11.2 Å². The molecule has 3 rings (SSSR count). The van der Waals surface area contributed by atoms with Crippen LogP contribution in [0.4, 0.5) is 5.95 Å². The summed E-state index contributed by atoms with van der Waals surface area (Å²) in [7, 11) is 0. The summed E-state index contributed by atoms with van der Waals surface area (Å²) < 4.78 is 30.4. The molecule has 0 spiro atoms. The number of esters is 1. The summed E-state index contributed by atoms with van der Waals surface area (Å²) in [5.41, 5.74) is 6.03. The van der Waals surface area contributed by atoms with Crippen molar-refractivity contribution in [1.82, 2.24) is 24.6 Å². The van der Waals surface area contributed by atoms with Crippen LogP contribution in [-0.4, -0.2) is 91.0 Å². The molecule has 43 heavy (non-hydrogen) atoms. The van der Waals surface area contributed by atoms with Crippen molar-refractivity contribution in [2.45, 2.75) is 84.4 Å². The summed E-state index contributed by atoms with van der Waals surface area (Å²) in [6.45, 7) is 9.17. The molecule has 0 amide bonds. The zero-order chi connectivity index (χ0) is 32.1. The van der Waals surface area contributed by atoms with Crippen molar-refractivity contribution in [1.29, 1.82) is 0 Å². The number of halogens is 1. The minimum Gasteiger partial charge on any atom is -0.476 e. The number of rotatable bonds is 14. The van der Waals surface area contributed by atoms with Gasteiger partial charge in [-0.05, 0) is 39.5 Å². The number of fused-ring (bicyclic) bond motifs is 1. The molecule has 1 fully saturated rings. The molecule has 14 nitrogen and oxygen atoms in total. The van der Waals surface area contributed by atoms with Gasteiger partial charge in [-0.2, -0.15) is 9.97 Å². The molecule has 242 valence electrons. The molecule has 0 bridgehead atoms. The van der Waals surface area contributed by atoms with Crippen molar-refractivity contribution in [2.75, 3.05) is 31.3 Å². The predicted octanol–water partition coefficient (Wildman–Crippen LogP) is 3.17. The van der Waals surface area contributed by atoms with E-state index in [0.29, 0.717) is 23.5 Å². The molecule has 0 aliphatic carbocycles. The lowest BCUT2D eigenvalue weighted by Gasteiger charge is -2.28. The normalized spacial score (nSPS) is 22.9. The monoisotopic (exact) mass is 682 g/mol. The number of imidazole rings is 1. The summed E-state index contributed by atoms with van der Waals surface area (Å²) in [6, 6.07) is -0.859. The number of aliphatic hydroxyl groups is 1. The van der Waals surface area contributed by atoms with E-state index in [1.54, 1.807) is 27.7 Å². The van der Waals surface area contributed by atoms with E-state index in [1.807, 2.05) is 20.8 Å². The van der Waals surface area contributed by atoms with Crippen LogP contribution in [0.1, 0.15) is 54.7 Å². The zero-order valence-corrected chi connectivity index (χ0v) is 28.5. The quantitative estimate of drug-likeness (QED) is 0.114. The number of ether oxygens (including phenoxy) is 3. The second-order valence-corrected chi connectivity index (χ2v) is 15.8. The number of nitrogens with one attached hydrogen (secondary N) is 1. The third kappa shape index (κ3) is 9.44. The number of nitrogens with two attached hydrogens (primary N) is 1. The van der Waals surface area contributed by atoms with Crippen molar-refractivity contribution < 1.29 is 38.0 Å². The Morgan fingerprint density at radius 2 is 2.00 bits per heavy atom. The molecule has 3 heterocycles. The molecule has 0 aromatic carbocycles. The lowest BCUT2D eigenvalue weighted by Crippen LogP contribution is -2.37. The number of thioether (sulfide) groups is 1. The number of carbonyl (C=O) groups is 2. The maximum absolute atomic E-state index is 12.5. The van der Waals surface area contributed by atoms with Gasteiger partial charge in [-0.1, -0.05) is 32.5 Å². The number of aliphatic hydroxyl groups excluding tert-OH is 1. The molecular weight excluding hydrogens is 643 g/mol. The number of alkyl halides is 1. The van der Waals surface area contributed by atoms with Gasteiger partial charge in [-0.3, -0.25) is 14.2 Å². The van der Waals surface area contributed by atoms with Crippen LogP contribution in [0.3, 0.4) is 0 Å². The first-order valence-electron chi connectivity index (χ1n) is 13.7. The van der Waals surface area contributed by atoms with Gasteiger partial charge in [0.1, 0.15) is 23.6 Å². The molecule has 0 unspecified atom stereocenters. The fourth-order valence-electron chi connectivity index (χ4n) is 3.81. The molecule has 6 atom stereocenters. The smallest absolute Gasteiger partial charge is 0.323 e. The summed E-state index contributed by atoms with van der Waals surface area (Å²) in [4.78, 5) is 37.5. The molecular formula is C25H40ClN6O8PS2. The molecule has 2 aromatic heterocycles. The average molecular weight is 683 g/mol. The highest BCUT2D eigenvalue weighted by Gasteiger charge is 2.45. The van der Waals surface area contributed by atoms with Crippen molar-refractivity contribution in [2.24, 2.45) is 5.41 Å². The molecule has 1 aliphatic heterocycles. The highest BCUT2D eigenvalue weighted by atomic mass is 35.5. The first-order valence-corrected chi connectivity index (χ1v) is 17.8. The van der Waals surface area contributed by atoms with Crippen LogP contribution >= 0.6 is 30.0 Å². The second-order valence-electron chi connectivity index (χ2n) is 11.0. The van der Waals surface area contributed by atoms with Crippen LogP contribution in [0.2, 0.25) is 0 Å². The minimum absolute atomic E-state index is 0.00117. The van der Waals surface area contributed by atoms with Gasteiger partial charge in [0.05, 0.1) is 32.3 Å². The zero-order valence-electron chi connectivity index (χ0n) is 25.2. The largest absolute Gasteiger partial charge is 0.476 e. The van der Waals surface area contributed by atoms with Crippen LogP contribution in [-0.2, 0) is 39.9 Å². The van der Waals surface area contributed by atoms with Crippen molar-refractivity contribution in [3.05, 3.63) is 6.33 Å². The van der Waals surface area contributed by atoms with Gasteiger partial charge < -0.3 is 34.1 Å². The number of hydrogen-bond donors (Lipinski definition) is 3. The SMILES string of the molecule is CCOc1nc(N)nc2c1ncn2[C@@H]1O[C@H](CO[P@](=S)(N[C@@H](C)C(=O)OC(C)C)OCCSC(=O)C(C)(C)C)[C@@H](O)[C@@H]1Cl. The predicted molar refractivity (Wildman–Crippen MR) is 167 cm³/mol. The van der Waals surface area contributed by atoms with Crippen molar-refractivity contribution in [3.8, 4) is 5.88 Å². The number of nitrogen functional groups attached to an aromatic ring is 1. The summed E-state index contributed by atoms with van der Waals surface area (Å²) in [5, 5.41) is 13.0. The number of carbonyl (C=O) groups excluding carboxylic acids is 2. The van der Waals surface area contributed by atoms with Crippen LogP contribution in [0.15, 0.2) is 6.33 Å². The van der Waals surface area contributed by atoms with Crippen LogP contribution in [0, 0.1) is 5.41 Å². The van der Waals surface area contributed by atoms with Gasteiger partial charge >= 0.3 is 5.97 Å². The maximum Gasteiger partial charge on any atom is 0.323 e. The number of hydrogen-bond acceptors (Lipinski definition) is 14. The third-order valence-corrected chi connectivity index (χ3v) is 10.3. The number of nitrogens with zero attached hydrogens (tertiary/aromatic N) is 4. The van der Waals surface area contributed by atoms with Gasteiger partial charge in [0.2, 0.25) is 11.8 Å². The van der Waals surface area contributed by atoms with E-state index in [2.05, 4.69) is 20.0 Å². The average Bonchev–Trinajstić information content (AvgIpc) is 3.45.